The van der Waals surface area contributed by atoms with Crippen molar-refractivity contribution in [3.05, 3.63) is 40.9 Å². The Morgan fingerprint density at radius 1 is 1.33 bits per heavy atom. The standard InChI is InChI=1S/C16H20N4S/c1-12(2)9-18-10-14-11-21-16(19-14)20(3)15-6-4-13(8-17)5-7-15/h4-7,11-12,18H,9-10H2,1-3H3. The molecule has 0 unspecified atom stereocenters. The lowest BCUT2D eigenvalue weighted by Crippen LogP contribution is -2.19. The van der Waals surface area contributed by atoms with Gasteiger partial charge in [-0.25, -0.2) is 4.98 Å². The maximum atomic E-state index is 8.83. The van der Waals surface area contributed by atoms with E-state index in [1.54, 1.807) is 11.3 Å². The molecular formula is C16H20N4S. The van der Waals surface area contributed by atoms with Crippen LogP contribution in [0.2, 0.25) is 0 Å². The Morgan fingerprint density at radius 3 is 2.67 bits per heavy atom. The summed E-state index contributed by atoms with van der Waals surface area (Å²) in [6.07, 6.45) is 0. The zero-order valence-electron chi connectivity index (χ0n) is 12.6. The molecule has 0 atom stereocenters. The first-order chi connectivity index (χ1) is 10.1. The molecule has 0 fully saturated rings. The second kappa shape index (κ2) is 7.21. The van der Waals surface area contributed by atoms with E-state index in [4.69, 9.17) is 5.26 Å². The summed E-state index contributed by atoms with van der Waals surface area (Å²) in [7, 11) is 1.99. The number of aromatic nitrogens is 1. The van der Waals surface area contributed by atoms with Crippen LogP contribution in [0.4, 0.5) is 10.8 Å². The van der Waals surface area contributed by atoms with Crippen LogP contribution in [0, 0.1) is 17.2 Å². The van der Waals surface area contributed by atoms with E-state index in [1.807, 2.05) is 36.2 Å². The molecule has 0 saturated carbocycles. The quantitative estimate of drug-likeness (QED) is 0.886. The van der Waals surface area contributed by atoms with Gasteiger partial charge in [0.15, 0.2) is 5.13 Å². The number of rotatable bonds is 6. The number of hydrogen-bond donors (Lipinski definition) is 1. The lowest BCUT2D eigenvalue weighted by atomic mass is 10.2. The van der Waals surface area contributed by atoms with Crippen LogP contribution in [0.15, 0.2) is 29.6 Å². The van der Waals surface area contributed by atoms with Gasteiger partial charge in [-0.1, -0.05) is 13.8 Å². The highest BCUT2D eigenvalue weighted by molar-refractivity contribution is 7.13. The minimum Gasteiger partial charge on any atom is -0.321 e. The van der Waals surface area contributed by atoms with Crippen molar-refractivity contribution in [1.29, 1.82) is 5.26 Å². The Hall–Kier alpha value is -1.90. The van der Waals surface area contributed by atoms with E-state index in [-0.39, 0.29) is 0 Å². The van der Waals surface area contributed by atoms with E-state index in [9.17, 15) is 0 Å². The van der Waals surface area contributed by atoms with E-state index < -0.39 is 0 Å². The predicted molar refractivity (Wildman–Crippen MR) is 87.9 cm³/mol. The summed E-state index contributed by atoms with van der Waals surface area (Å²) in [4.78, 5) is 6.68. The maximum Gasteiger partial charge on any atom is 0.189 e. The molecule has 4 nitrogen and oxygen atoms in total. The fourth-order valence-corrected chi connectivity index (χ4v) is 2.70. The SMILES string of the molecule is CC(C)CNCc1csc(N(C)c2ccc(C#N)cc2)n1. The van der Waals surface area contributed by atoms with Crippen molar-refractivity contribution < 1.29 is 0 Å². The average Bonchev–Trinajstić information content (AvgIpc) is 2.95. The van der Waals surface area contributed by atoms with Gasteiger partial charge in [-0.15, -0.1) is 11.3 Å². The van der Waals surface area contributed by atoms with Crippen LogP contribution in [0.3, 0.4) is 0 Å². The fourth-order valence-electron chi connectivity index (χ4n) is 1.89. The van der Waals surface area contributed by atoms with Crippen LogP contribution in [0.25, 0.3) is 0 Å². The summed E-state index contributed by atoms with van der Waals surface area (Å²) >= 11 is 1.63. The number of hydrogen-bond acceptors (Lipinski definition) is 5. The number of thiazole rings is 1. The molecule has 0 aliphatic carbocycles. The minimum absolute atomic E-state index is 0.643. The zero-order chi connectivity index (χ0) is 15.2. The molecule has 1 aromatic heterocycles. The molecule has 0 bridgehead atoms. The van der Waals surface area contributed by atoms with Crippen molar-refractivity contribution in [2.75, 3.05) is 18.5 Å². The van der Waals surface area contributed by atoms with Gasteiger partial charge in [0, 0.05) is 24.7 Å². The molecule has 2 rings (SSSR count). The third kappa shape index (κ3) is 4.28. The molecule has 0 spiro atoms. The monoisotopic (exact) mass is 300 g/mol. The van der Waals surface area contributed by atoms with Gasteiger partial charge in [0.25, 0.3) is 0 Å². The van der Waals surface area contributed by atoms with Crippen LogP contribution < -0.4 is 10.2 Å². The molecule has 1 aromatic carbocycles. The molecule has 0 amide bonds. The summed E-state index contributed by atoms with van der Waals surface area (Å²) in [5.41, 5.74) is 2.77. The van der Waals surface area contributed by atoms with Crippen molar-refractivity contribution in [1.82, 2.24) is 10.3 Å². The van der Waals surface area contributed by atoms with Crippen molar-refractivity contribution in [2.45, 2.75) is 20.4 Å². The number of nitrogens with one attached hydrogen (secondary N) is 1. The highest BCUT2D eigenvalue weighted by Gasteiger charge is 2.09. The molecule has 0 aliphatic heterocycles. The number of anilines is 2. The van der Waals surface area contributed by atoms with Crippen LogP contribution >= 0.6 is 11.3 Å². The van der Waals surface area contributed by atoms with E-state index in [2.05, 4.69) is 35.6 Å². The third-order valence-electron chi connectivity index (χ3n) is 3.07. The molecule has 110 valence electrons. The first kappa shape index (κ1) is 15.5. The largest absolute Gasteiger partial charge is 0.321 e. The molecule has 0 saturated heterocycles. The number of nitriles is 1. The lowest BCUT2D eigenvalue weighted by molar-refractivity contribution is 0.549. The Balaban J connectivity index is 2.00. The maximum absolute atomic E-state index is 8.83. The second-order valence-electron chi connectivity index (χ2n) is 5.36. The minimum atomic E-state index is 0.643. The molecule has 5 heteroatoms. The van der Waals surface area contributed by atoms with Crippen LogP contribution in [-0.4, -0.2) is 18.6 Å². The highest BCUT2D eigenvalue weighted by atomic mass is 32.1. The highest BCUT2D eigenvalue weighted by Crippen LogP contribution is 2.27. The van der Waals surface area contributed by atoms with Crippen molar-refractivity contribution in [2.24, 2.45) is 5.92 Å². The van der Waals surface area contributed by atoms with Crippen molar-refractivity contribution >= 4 is 22.2 Å². The fraction of sp³-hybridized carbons (Fsp3) is 0.375. The zero-order valence-corrected chi connectivity index (χ0v) is 13.4. The van der Waals surface area contributed by atoms with Gasteiger partial charge in [-0.3, -0.25) is 0 Å². The lowest BCUT2D eigenvalue weighted by Gasteiger charge is -2.15. The van der Waals surface area contributed by atoms with Crippen molar-refractivity contribution in [3.63, 3.8) is 0 Å². The van der Waals surface area contributed by atoms with Gasteiger partial charge in [-0.05, 0) is 36.7 Å². The van der Waals surface area contributed by atoms with Crippen LogP contribution in [0.1, 0.15) is 25.1 Å². The van der Waals surface area contributed by atoms with Gasteiger partial charge in [-0.2, -0.15) is 5.26 Å². The molecule has 0 aliphatic rings. The summed E-state index contributed by atoms with van der Waals surface area (Å²) in [6, 6.07) is 9.66. The molecule has 1 heterocycles. The molecule has 21 heavy (non-hydrogen) atoms. The average molecular weight is 300 g/mol. The normalized spacial score (nSPS) is 10.6. The summed E-state index contributed by atoms with van der Waals surface area (Å²) < 4.78 is 0. The van der Waals surface area contributed by atoms with Crippen LogP contribution in [0.5, 0.6) is 0 Å². The molecule has 2 aromatic rings. The van der Waals surface area contributed by atoms with Gasteiger partial charge in [0.1, 0.15) is 0 Å². The molecule has 0 radical (unpaired) electrons. The molecule has 1 N–H and O–H groups in total. The first-order valence-corrected chi connectivity index (χ1v) is 7.87. The van der Waals surface area contributed by atoms with E-state index in [0.29, 0.717) is 11.5 Å². The summed E-state index contributed by atoms with van der Waals surface area (Å²) in [5, 5.41) is 15.3. The van der Waals surface area contributed by atoms with E-state index >= 15 is 0 Å². The van der Waals surface area contributed by atoms with E-state index in [0.717, 1.165) is 29.6 Å². The van der Waals surface area contributed by atoms with Gasteiger partial charge >= 0.3 is 0 Å². The van der Waals surface area contributed by atoms with E-state index in [1.165, 1.54) is 0 Å². The number of benzene rings is 1. The Labute approximate surface area is 130 Å². The topological polar surface area (TPSA) is 52.0 Å². The summed E-state index contributed by atoms with van der Waals surface area (Å²) in [5.74, 6) is 0.643. The van der Waals surface area contributed by atoms with Crippen molar-refractivity contribution in [3.8, 4) is 6.07 Å². The second-order valence-corrected chi connectivity index (χ2v) is 6.20. The Morgan fingerprint density at radius 2 is 2.05 bits per heavy atom. The predicted octanol–water partition coefficient (Wildman–Crippen LogP) is 3.53. The Bertz CT molecular complexity index is 610. The smallest absolute Gasteiger partial charge is 0.189 e. The van der Waals surface area contributed by atoms with Gasteiger partial charge in [0.05, 0.1) is 17.3 Å². The van der Waals surface area contributed by atoms with Gasteiger partial charge in [0.2, 0.25) is 0 Å². The first-order valence-electron chi connectivity index (χ1n) is 6.99. The van der Waals surface area contributed by atoms with Crippen LogP contribution in [-0.2, 0) is 6.54 Å². The number of nitrogens with zero attached hydrogens (tertiary/aromatic N) is 3. The Kier molecular flexibility index (Phi) is 5.32. The van der Waals surface area contributed by atoms with Gasteiger partial charge < -0.3 is 10.2 Å². The molecular weight excluding hydrogens is 280 g/mol. The summed E-state index contributed by atoms with van der Waals surface area (Å²) in [6.45, 7) is 6.19. The third-order valence-corrected chi connectivity index (χ3v) is 4.03.